The molecule has 2 atom stereocenters. The Morgan fingerprint density at radius 1 is 1.18 bits per heavy atom. The molecular formula is C15H29NO. The summed E-state index contributed by atoms with van der Waals surface area (Å²) in [6.45, 7) is 12.0. The van der Waals surface area contributed by atoms with Crippen LogP contribution in [0, 0.1) is 29.6 Å². The highest BCUT2D eigenvalue weighted by molar-refractivity contribution is 5.79. The van der Waals surface area contributed by atoms with Crippen molar-refractivity contribution < 1.29 is 4.79 Å². The topological polar surface area (TPSA) is 29.1 Å². The number of amides is 1. The highest BCUT2D eigenvalue weighted by Gasteiger charge is 2.30. The first-order valence-electron chi connectivity index (χ1n) is 7.21. The Morgan fingerprint density at radius 3 is 2.18 bits per heavy atom. The first-order valence-corrected chi connectivity index (χ1v) is 7.21. The summed E-state index contributed by atoms with van der Waals surface area (Å²) in [4.78, 5) is 12.1. The van der Waals surface area contributed by atoms with Crippen molar-refractivity contribution in [3.63, 3.8) is 0 Å². The molecule has 100 valence electrons. The first kappa shape index (κ1) is 14.5. The lowest BCUT2D eigenvalue weighted by atomic mass is 9.85. The summed E-state index contributed by atoms with van der Waals surface area (Å²) < 4.78 is 0. The van der Waals surface area contributed by atoms with E-state index in [0.29, 0.717) is 29.6 Å². The summed E-state index contributed by atoms with van der Waals surface area (Å²) in [5.41, 5.74) is 0. The quantitative estimate of drug-likeness (QED) is 0.782. The van der Waals surface area contributed by atoms with Crippen LogP contribution in [0.5, 0.6) is 0 Å². The molecule has 0 aromatic carbocycles. The highest BCUT2D eigenvalue weighted by Crippen LogP contribution is 2.31. The number of rotatable bonds is 5. The normalized spacial score (nSPS) is 24.9. The van der Waals surface area contributed by atoms with Gasteiger partial charge in [0, 0.05) is 12.5 Å². The van der Waals surface area contributed by atoms with Crippen LogP contribution < -0.4 is 5.32 Å². The fourth-order valence-corrected chi connectivity index (χ4v) is 3.13. The van der Waals surface area contributed by atoms with Crippen LogP contribution in [0.15, 0.2) is 0 Å². The Bertz CT molecular complexity index is 239. The van der Waals surface area contributed by atoms with E-state index in [0.717, 1.165) is 13.0 Å². The molecule has 0 heterocycles. The van der Waals surface area contributed by atoms with Crippen LogP contribution in [0.1, 0.15) is 53.9 Å². The molecule has 1 fully saturated rings. The maximum atomic E-state index is 12.1. The molecule has 0 aromatic rings. The molecule has 0 radical (unpaired) electrons. The Labute approximate surface area is 107 Å². The molecule has 2 heteroatoms. The standard InChI is InChI=1S/C15H29NO/c1-10(2)14(11(3)4)9-16-15(17)13-8-6-7-12(13)5/h10-14H,6-9H2,1-5H3,(H,16,17). The third-order valence-electron chi connectivity index (χ3n) is 4.42. The summed E-state index contributed by atoms with van der Waals surface area (Å²) >= 11 is 0. The second-order valence-corrected chi connectivity index (χ2v) is 6.41. The van der Waals surface area contributed by atoms with Crippen LogP contribution >= 0.6 is 0 Å². The fraction of sp³-hybridized carbons (Fsp3) is 0.933. The van der Waals surface area contributed by atoms with E-state index >= 15 is 0 Å². The van der Waals surface area contributed by atoms with E-state index in [1.807, 2.05) is 0 Å². The SMILES string of the molecule is CC(C)C(CNC(=O)C1CCCC1C)C(C)C. The smallest absolute Gasteiger partial charge is 0.223 e. The molecular weight excluding hydrogens is 210 g/mol. The average molecular weight is 239 g/mol. The minimum Gasteiger partial charge on any atom is -0.356 e. The molecule has 1 N–H and O–H groups in total. The van der Waals surface area contributed by atoms with Crippen molar-refractivity contribution in [1.29, 1.82) is 0 Å². The van der Waals surface area contributed by atoms with Crippen LogP contribution in [-0.2, 0) is 4.79 Å². The molecule has 1 aliphatic rings. The predicted molar refractivity (Wildman–Crippen MR) is 72.7 cm³/mol. The van der Waals surface area contributed by atoms with Gasteiger partial charge in [-0.05, 0) is 36.5 Å². The summed E-state index contributed by atoms with van der Waals surface area (Å²) in [6.07, 6.45) is 3.52. The van der Waals surface area contributed by atoms with Crippen LogP contribution in [-0.4, -0.2) is 12.5 Å². The second kappa shape index (κ2) is 6.42. The van der Waals surface area contributed by atoms with E-state index in [2.05, 4.69) is 39.9 Å². The van der Waals surface area contributed by atoms with Crippen molar-refractivity contribution >= 4 is 5.91 Å². The van der Waals surface area contributed by atoms with E-state index in [1.165, 1.54) is 12.8 Å². The highest BCUT2D eigenvalue weighted by atomic mass is 16.1. The van der Waals surface area contributed by atoms with Crippen LogP contribution in [0.25, 0.3) is 0 Å². The van der Waals surface area contributed by atoms with Gasteiger partial charge in [-0.3, -0.25) is 4.79 Å². The molecule has 0 spiro atoms. The van der Waals surface area contributed by atoms with Crippen LogP contribution in [0.4, 0.5) is 0 Å². The van der Waals surface area contributed by atoms with Gasteiger partial charge in [-0.15, -0.1) is 0 Å². The zero-order valence-corrected chi connectivity index (χ0v) is 12.1. The van der Waals surface area contributed by atoms with E-state index in [-0.39, 0.29) is 5.92 Å². The molecule has 17 heavy (non-hydrogen) atoms. The van der Waals surface area contributed by atoms with E-state index in [1.54, 1.807) is 0 Å². The first-order chi connectivity index (χ1) is 7.93. The van der Waals surface area contributed by atoms with Gasteiger partial charge in [-0.1, -0.05) is 41.0 Å². The Balaban J connectivity index is 2.41. The van der Waals surface area contributed by atoms with Gasteiger partial charge in [0.1, 0.15) is 0 Å². The third-order valence-corrected chi connectivity index (χ3v) is 4.42. The Kier molecular flexibility index (Phi) is 5.48. The molecule has 2 nitrogen and oxygen atoms in total. The van der Waals surface area contributed by atoms with E-state index in [4.69, 9.17) is 0 Å². The van der Waals surface area contributed by atoms with Gasteiger partial charge in [0.25, 0.3) is 0 Å². The maximum absolute atomic E-state index is 12.1. The molecule has 1 amide bonds. The molecule has 1 saturated carbocycles. The van der Waals surface area contributed by atoms with Gasteiger partial charge in [-0.2, -0.15) is 0 Å². The lowest BCUT2D eigenvalue weighted by Gasteiger charge is -2.26. The van der Waals surface area contributed by atoms with Crippen LogP contribution in [0.2, 0.25) is 0 Å². The number of carbonyl (C=O) groups excluding carboxylic acids is 1. The lowest BCUT2D eigenvalue weighted by Crippen LogP contribution is -2.38. The Hall–Kier alpha value is -0.530. The van der Waals surface area contributed by atoms with Crippen molar-refractivity contribution in [2.45, 2.75) is 53.9 Å². The second-order valence-electron chi connectivity index (χ2n) is 6.41. The number of hydrogen-bond donors (Lipinski definition) is 1. The van der Waals surface area contributed by atoms with Crippen molar-refractivity contribution in [3.8, 4) is 0 Å². The third kappa shape index (κ3) is 4.01. The molecule has 0 aromatic heterocycles. The van der Waals surface area contributed by atoms with E-state index < -0.39 is 0 Å². The summed E-state index contributed by atoms with van der Waals surface area (Å²) in [5.74, 6) is 3.01. The van der Waals surface area contributed by atoms with Crippen LogP contribution in [0.3, 0.4) is 0 Å². The predicted octanol–water partition coefficient (Wildman–Crippen LogP) is 3.47. The summed E-state index contributed by atoms with van der Waals surface area (Å²) in [6, 6.07) is 0. The number of hydrogen-bond acceptors (Lipinski definition) is 1. The minimum atomic E-state index is 0.273. The summed E-state index contributed by atoms with van der Waals surface area (Å²) in [7, 11) is 0. The van der Waals surface area contributed by atoms with Crippen molar-refractivity contribution in [2.75, 3.05) is 6.54 Å². The molecule has 2 unspecified atom stereocenters. The minimum absolute atomic E-state index is 0.273. The van der Waals surface area contributed by atoms with Crippen molar-refractivity contribution in [1.82, 2.24) is 5.32 Å². The molecule has 0 saturated heterocycles. The number of nitrogens with one attached hydrogen (secondary N) is 1. The average Bonchev–Trinajstić information content (AvgIpc) is 2.63. The molecule has 1 aliphatic carbocycles. The molecule has 0 bridgehead atoms. The lowest BCUT2D eigenvalue weighted by molar-refractivity contribution is -0.126. The van der Waals surface area contributed by atoms with Crippen molar-refractivity contribution in [3.05, 3.63) is 0 Å². The molecule has 1 rings (SSSR count). The molecule has 0 aliphatic heterocycles. The van der Waals surface area contributed by atoms with Gasteiger partial charge >= 0.3 is 0 Å². The maximum Gasteiger partial charge on any atom is 0.223 e. The monoisotopic (exact) mass is 239 g/mol. The van der Waals surface area contributed by atoms with Gasteiger partial charge in [0.15, 0.2) is 0 Å². The van der Waals surface area contributed by atoms with Gasteiger partial charge < -0.3 is 5.32 Å². The van der Waals surface area contributed by atoms with Gasteiger partial charge in [-0.25, -0.2) is 0 Å². The van der Waals surface area contributed by atoms with E-state index in [9.17, 15) is 4.79 Å². The largest absolute Gasteiger partial charge is 0.356 e. The zero-order chi connectivity index (χ0) is 13.0. The van der Waals surface area contributed by atoms with Gasteiger partial charge in [0.05, 0.1) is 0 Å². The summed E-state index contributed by atoms with van der Waals surface area (Å²) in [5, 5.41) is 3.18. The Morgan fingerprint density at radius 2 is 1.76 bits per heavy atom. The zero-order valence-electron chi connectivity index (χ0n) is 12.1. The van der Waals surface area contributed by atoms with Crippen molar-refractivity contribution in [2.24, 2.45) is 29.6 Å². The fourth-order valence-electron chi connectivity index (χ4n) is 3.13. The number of carbonyl (C=O) groups is 1. The van der Waals surface area contributed by atoms with Gasteiger partial charge in [0.2, 0.25) is 5.91 Å².